The summed E-state index contributed by atoms with van der Waals surface area (Å²) in [5, 5.41) is 14.1. The van der Waals surface area contributed by atoms with Crippen LogP contribution in [0.25, 0.3) is 10.9 Å². The second kappa shape index (κ2) is 9.00. The van der Waals surface area contributed by atoms with Crippen LogP contribution in [0.1, 0.15) is 44.1 Å². The molecule has 2 amide bonds. The predicted octanol–water partition coefficient (Wildman–Crippen LogP) is 5.09. The number of hydrogen-bond acceptors (Lipinski definition) is 3. The van der Waals surface area contributed by atoms with Crippen molar-refractivity contribution in [1.29, 1.82) is 0 Å². The largest absolute Gasteiger partial charge is 0.366 e. The number of fused-ring (bicyclic) bond motifs is 2. The third kappa shape index (κ3) is 4.38. The first-order chi connectivity index (χ1) is 15.3. The van der Waals surface area contributed by atoms with Gasteiger partial charge in [-0.25, -0.2) is 4.79 Å². The molecule has 1 aliphatic heterocycles. The SMILES string of the molecule is O=C(NCC1CCc2ccccc2N1CC1CCCCC1)Nc1cccc2[nH]ncc12. The quantitative estimate of drug-likeness (QED) is 0.542. The van der Waals surface area contributed by atoms with Crippen molar-refractivity contribution in [2.75, 3.05) is 23.3 Å². The van der Waals surface area contributed by atoms with Crippen molar-refractivity contribution in [1.82, 2.24) is 15.5 Å². The van der Waals surface area contributed by atoms with Gasteiger partial charge in [-0.2, -0.15) is 5.10 Å². The van der Waals surface area contributed by atoms with Gasteiger partial charge in [-0.15, -0.1) is 0 Å². The van der Waals surface area contributed by atoms with Gasteiger partial charge in [0, 0.05) is 30.2 Å². The fraction of sp³-hybridized carbons (Fsp3) is 0.440. The number of H-pyrrole nitrogens is 1. The maximum Gasteiger partial charge on any atom is 0.319 e. The van der Waals surface area contributed by atoms with Crippen molar-refractivity contribution >= 4 is 28.3 Å². The lowest BCUT2D eigenvalue weighted by Crippen LogP contribution is -2.49. The van der Waals surface area contributed by atoms with Crippen molar-refractivity contribution in [3.8, 4) is 0 Å². The average molecular weight is 418 g/mol. The lowest BCUT2D eigenvalue weighted by molar-refractivity contribution is 0.250. The van der Waals surface area contributed by atoms with Crippen molar-refractivity contribution < 1.29 is 4.79 Å². The Morgan fingerprint density at radius 2 is 1.94 bits per heavy atom. The van der Waals surface area contributed by atoms with E-state index in [2.05, 4.69) is 50.0 Å². The van der Waals surface area contributed by atoms with Gasteiger partial charge in [0.15, 0.2) is 0 Å². The van der Waals surface area contributed by atoms with Gasteiger partial charge in [0.05, 0.1) is 17.4 Å². The van der Waals surface area contributed by atoms with E-state index < -0.39 is 0 Å². The zero-order chi connectivity index (χ0) is 21.0. The van der Waals surface area contributed by atoms with Gasteiger partial charge in [-0.1, -0.05) is 43.5 Å². The number of urea groups is 1. The lowest BCUT2D eigenvalue weighted by Gasteiger charge is -2.41. The summed E-state index contributed by atoms with van der Waals surface area (Å²) in [6, 6.07) is 14.7. The first-order valence-corrected chi connectivity index (χ1v) is 11.6. The zero-order valence-corrected chi connectivity index (χ0v) is 17.9. The molecule has 0 saturated heterocycles. The van der Waals surface area contributed by atoms with Gasteiger partial charge in [0.1, 0.15) is 0 Å². The lowest BCUT2D eigenvalue weighted by atomic mass is 9.87. The molecule has 6 heteroatoms. The molecular weight excluding hydrogens is 386 g/mol. The minimum absolute atomic E-state index is 0.162. The summed E-state index contributed by atoms with van der Waals surface area (Å²) in [5.41, 5.74) is 4.48. The van der Waals surface area contributed by atoms with E-state index in [-0.39, 0.29) is 6.03 Å². The Labute approximate surface area is 183 Å². The second-order valence-corrected chi connectivity index (χ2v) is 8.95. The average Bonchev–Trinajstić information content (AvgIpc) is 3.29. The van der Waals surface area contributed by atoms with E-state index >= 15 is 0 Å². The number of aromatic amines is 1. The van der Waals surface area contributed by atoms with E-state index in [1.54, 1.807) is 6.20 Å². The molecule has 0 bridgehead atoms. The summed E-state index contributed by atoms with van der Waals surface area (Å²) in [7, 11) is 0. The maximum atomic E-state index is 12.7. The summed E-state index contributed by atoms with van der Waals surface area (Å²) >= 11 is 0. The Balaban J connectivity index is 1.26. The minimum Gasteiger partial charge on any atom is -0.366 e. The normalized spacial score (nSPS) is 19.2. The van der Waals surface area contributed by atoms with E-state index in [0.717, 1.165) is 41.9 Å². The van der Waals surface area contributed by atoms with Crippen LogP contribution in [0.5, 0.6) is 0 Å². The third-order valence-corrected chi connectivity index (χ3v) is 6.90. The Bertz CT molecular complexity index is 1040. The number of nitrogens with zero attached hydrogens (tertiary/aromatic N) is 2. The Kier molecular flexibility index (Phi) is 5.78. The van der Waals surface area contributed by atoms with Crippen LogP contribution < -0.4 is 15.5 Å². The van der Waals surface area contributed by atoms with Crippen LogP contribution in [-0.2, 0) is 6.42 Å². The Hall–Kier alpha value is -3.02. The van der Waals surface area contributed by atoms with Crippen LogP contribution in [0, 0.1) is 5.92 Å². The smallest absolute Gasteiger partial charge is 0.319 e. The molecule has 3 N–H and O–H groups in total. The highest BCUT2D eigenvalue weighted by Crippen LogP contribution is 2.34. The fourth-order valence-electron chi connectivity index (χ4n) is 5.24. The van der Waals surface area contributed by atoms with Gasteiger partial charge in [0.25, 0.3) is 0 Å². The Morgan fingerprint density at radius 1 is 1.06 bits per heavy atom. The van der Waals surface area contributed by atoms with Gasteiger partial charge < -0.3 is 15.5 Å². The maximum absolute atomic E-state index is 12.7. The minimum atomic E-state index is -0.162. The molecule has 1 atom stereocenters. The molecule has 162 valence electrons. The fourth-order valence-corrected chi connectivity index (χ4v) is 5.24. The van der Waals surface area contributed by atoms with Gasteiger partial charge >= 0.3 is 6.03 Å². The molecule has 5 rings (SSSR count). The van der Waals surface area contributed by atoms with Gasteiger partial charge in [-0.3, -0.25) is 5.10 Å². The standard InChI is InChI=1S/C25H31N5O/c31-25(28-22-10-6-11-23-21(22)16-27-29-23)26-15-20-14-13-19-9-4-5-12-24(19)30(20)17-18-7-2-1-3-8-18/h4-6,9-12,16,18,20H,1-3,7-8,13-15,17H2,(H,27,29)(H2,26,28,31). The number of para-hydroxylation sites is 1. The molecule has 31 heavy (non-hydrogen) atoms. The third-order valence-electron chi connectivity index (χ3n) is 6.90. The molecule has 3 aromatic rings. The molecule has 1 aliphatic carbocycles. The van der Waals surface area contributed by atoms with Crippen LogP contribution in [0.15, 0.2) is 48.7 Å². The first kappa shape index (κ1) is 19.9. The number of anilines is 2. The molecule has 0 radical (unpaired) electrons. The summed E-state index contributed by atoms with van der Waals surface area (Å²) in [6.45, 7) is 1.74. The molecule has 1 saturated carbocycles. The van der Waals surface area contributed by atoms with E-state index in [4.69, 9.17) is 0 Å². The highest BCUT2D eigenvalue weighted by molar-refractivity contribution is 6.00. The number of amides is 2. The number of rotatable bonds is 5. The van der Waals surface area contributed by atoms with E-state index in [9.17, 15) is 4.79 Å². The number of carbonyl (C=O) groups excluding carboxylic acids is 1. The molecular formula is C25H31N5O. The van der Waals surface area contributed by atoms with E-state index in [1.165, 1.54) is 43.4 Å². The molecule has 2 aromatic carbocycles. The summed E-state index contributed by atoms with van der Waals surface area (Å²) < 4.78 is 0. The molecule has 0 spiro atoms. The summed E-state index contributed by atoms with van der Waals surface area (Å²) in [5.74, 6) is 0.759. The summed E-state index contributed by atoms with van der Waals surface area (Å²) in [6.07, 6.45) is 10.6. The van der Waals surface area contributed by atoms with Gasteiger partial charge in [-0.05, 0) is 55.4 Å². The van der Waals surface area contributed by atoms with Crippen LogP contribution in [0.2, 0.25) is 0 Å². The van der Waals surface area contributed by atoms with E-state index in [0.29, 0.717) is 12.6 Å². The highest BCUT2D eigenvalue weighted by atomic mass is 16.2. The highest BCUT2D eigenvalue weighted by Gasteiger charge is 2.29. The second-order valence-electron chi connectivity index (χ2n) is 8.95. The van der Waals surface area contributed by atoms with Crippen LogP contribution in [0.3, 0.4) is 0 Å². The molecule has 6 nitrogen and oxygen atoms in total. The number of aryl methyl sites for hydroxylation is 1. The van der Waals surface area contributed by atoms with Gasteiger partial charge in [0.2, 0.25) is 0 Å². The van der Waals surface area contributed by atoms with Crippen molar-refractivity contribution in [3.63, 3.8) is 0 Å². The van der Waals surface area contributed by atoms with Crippen LogP contribution in [0.4, 0.5) is 16.2 Å². The Morgan fingerprint density at radius 3 is 2.84 bits per heavy atom. The zero-order valence-electron chi connectivity index (χ0n) is 17.9. The molecule has 2 heterocycles. The van der Waals surface area contributed by atoms with Crippen LogP contribution >= 0.6 is 0 Å². The van der Waals surface area contributed by atoms with E-state index in [1.807, 2.05) is 18.2 Å². The van der Waals surface area contributed by atoms with Crippen molar-refractivity contribution in [2.45, 2.75) is 51.0 Å². The molecule has 2 aliphatic rings. The topological polar surface area (TPSA) is 73.1 Å². The summed E-state index contributed by atoms with van der Waals surface area (Å²) in [4.78, 5) is 15.3. The monoisotopic (exact) mass is 417 g/mol. The first-order valence-electron chi connectivity index (χ1n) is 11.6. The number of aromatic nitrogens is 2. The predicted molar refractivity (Wildman–Crippen MR) is 126 cm³/mol. The molecule has 1 fully saturated rings. The molecule has 1 unspecified atom stereocenters. The van der Waals surface area contributed by atoms with Crippen molar-refractivity contribution in [2.24, 2.45) is 5.92 Å². The van der Waals surface area contributed by atoms with Crippen LogP contribution in [-0.4, -0.2) is 35.4 Å². The molecule has 1 aromatic heterocycles. The number of nitrogens with one attached hydrogen (secondary N) is 3. The number of carbonyl (C=O) groups is 1. The van der Waals surface area contributed by atoms with Crippen molar-refractivity contribution in [3.05, 3.63) is 54.2 Å². The number of hydrogen-bond donors (Lipinski definition) is 3. The number of benzene rings is 2.